The maximum atomic E-state index is 12.6. The first-order valence-electron chi connectivity index (χ1n) is 8.56. The van der Waals surface area contributed by atoms with Gasteiger partial charge in [0.25, 0.3) is 5.91 Å². The van der Waals surface area contributed by atoms with Crippen molar-refractivity contribution in [3.05, 3.63) is 35.4 Å². The van der Waals surface area contributed by atoms with Crippen LogP contribution in [0.15, 0.2) is 24.3 Å². The van der Waals surface area contributed by atoms with Gasteiger partial charge in [0.15, 0.2) is 0 Å². The summed E-state index contributed by atoms with van der Waals surface area (Å²) in [5, 5.41) is 20.5. The number of benzene rings is 1. The number of nitrogens with two attached hydrogens (primary N) is 1. The molecule has 2 saturated heterocycles. The van der Waals surface area contributed by atoms with Gasteiger partial charge >= 0.3 is 0 Å². The number of nitrogen functional groups attached to an aromatic ring is 1. The molecule has 5 N–H and O–H groups in total. The number of hydrogen-bond donors (Lipinski definition) is 4. The highest BCUT2D eigenvalue weighted by atomic mass is 35.5. The lowest BCUT2D eigenvalue weighted by atomic mass is 9.90. The Morgan fingerprint density at radius 3 is 2.62 bits per heavy atom. The molecule has 2 fully saturated rings. The van der Waals surface area contributed by atoms with Crippen LogP contribution in [0.25, 0.3) is 0 Å². The van der Waals surface area contributed by atoms with Gasteiger partial charge in [-0.2, -0.15) is 0 Å². The molecule has 0 radical (unpaired) electrons. The maximum absolute atomic E-state index is 12.6. The van der Waals surface area contributed by atoms with E-state index in [9.17, 15) is 14.7 Å². The van der Waals surface area contributed by atoms with Crippen LogP contribution < -0.4 is 11.1 Å². The summed E-state index contributed by atoms with van der Waals surface area (Å²) in [6.07, 6.45) is 2.60. The van der Waals surface area contributed by atoms with E-state index in [1.165, 1.54) is 6.92 Å². The largest absolute Gasteiger partial charge is 0.384 e. The smallest absolute Gasteiger partial charge is 0.255 e. The Bertz CT molecular complexity index is 705. The molecular formula is C18H25ClN4O3. The molecule has 0 aliphatic carbocycles. The van der Waals surface area contributed by atoms with Crippen LogP contribution in [0.1, 0.15) is 43.7 Å². The third kappa shape index (κ3) is 3.83. The fraction of sp³-hybridized carbons (Fsp3) is 0.500. The number of carbonyl (C=O) groups is 2. The molecule has 3 atom stereocenters. The zero-order valence-corrected chi connectivity index (χ0v) is 15.5. The molecule has 26 heavy (non-hydrogen) atoms. The van der Waals surface area contributed by atoms with Crippen LogP contribution in [0.4, 0.5) is 0 Å². The van der Waals surface area contributed by atoms with Crippen LogP contribution in [0.3, 0.4) is 0 Å². The molecule has 2 amide bonds. The van der Waals surface area contributed by atoms with Crippen molar-refractivity contribution in [2.45, 2.75) is 56.8 Å². The second-order valence-corrected chi connectivity index (χ2v) is 7.10. The highest BCUT2D eigenvalue weighted by Gasteiger charge is 2.50. The van der Waals surface area contributed by atoms with Crippen LogP contribution in [-0.4, -0.2) is 45.3 Å². The van der Waals surface area contributed by atoms with Gasteiger partial charge in [0, 0.05) is 18.2 Å². The first-order chi connectivity index (χ1) is 11.8. The summed E-state index contributed by atoms with van der Waals surface area (Å²) in [5.74, 6) is -0.528. The van der Waals surface area contributed by atoms with Crippen molar-refractivity contribution in [2.75, 3.05) is 0 Å². The molecule has 2 aliphatic heterocycles. The first-order valence-corrected chi connectivity index (χ1v) is 8.56. The Labute approximate surface area is 158 Å². The number of amidine groups is 1. The van der Waals surface area contributed by atoms with Crippen molar-refractivity contribution in [3.8, 4) is 0 Å². The van der Waals surface area contributed by atoms with Crippen molar-refractivity contribution < 1.29 is 14.7 Å². The fourth-order valence-corrected chi connectivity index (χ4v) is 3.67. The van der Waals surface area contributed by atoms with Crippen LogP contribution >= 0.6 is 12.4 Å². The molecule has 8 heteroatoms. The van der Waals surface area contributed by atoms with E-state index in [1.807, 2.05) is 12.1 Å². The molecule has 2 heterocycles. The van der Waals surface area contributed by atoms with Gasteiger partial charge in [0.05, 0.1) is 0 Å². The summed E-state index contributed by atoms with van der Waals surface area (Å²) in [6, 6.07) is 6.64. The lowest BCUT2D eigenvalue weighted by Crippen LogP contribution is -2.59. The highest BCUT2D eigenvalue weighted by molar-refractivity contribution is 5.95. The van der Waals surface area contributed by atoms with Gasteiger partial charge < -0.3 is 21.1 Å². The van der Waals surface area contributed by atoms with Crippen molar-refractivity contribution in [1.29, 1.82) is 5.41 Å². The van der Waals surface area contributed by atoms with Gasteiger partial charge in [-0.3, -0.25) is 15.0 Å². The Morgan fingerprint density at radius 2 is 2.00 bits per heavy atom. The van der Waals surface area contributed by atoms with E-state index in [0.717, 1.165) is 18.4 Å². The number of piperidine rings is 1. The molecule has 0 aromatic heterocycles. The summed E-state index contributed by atoms with van der Waals surface area (Å²) in [4.78, 5) is 26.6. The summed E-state index contributed by atoms with van der Waals surface area (Å²) in [6.45, 7) is 1.87. The number of rotatable bonds is 4. The van der Waals surface area contributed by atoms with E-state index in [-0.39, 0.29) is 36.1 Å². The third-order valence-electron chi connectivity index (χ3n) is 5.20. The monoisotopic (exact) mass is 380 g/mol. The van der Waals surface area contributed by atoms with Gasteiger partial charge in [-0.25, -0.2) is 0 Å². The minimum Gasteiger partial charge on any atom is -0.384 e. The van der Waals surface area contributed by atoms with E-state index >= 15 is 0 Å². The van der Waals surface area contributed by atoms with Crippen LogP contribution in [0.5, 0.6) is 0 Å². The summed E-state index contributed by atoms with van der Waals surface area (Å²) in [5.41, 5.74) is 5.58. The average molecular weight is 381 g/mol. The predicted molar refractivity (Wildman–Crippen MR) is 100 cm³/mol. The van der Waals surface area contributed by atoms with Gasteiger partial charge in [-0.05, 0) is 38.2 Å². The fourth-order valence-electron chi connectivity index (χ4n) is 3.67. The second kappa shape index (κ2) is 7.63. The number of fused-ring (bicyclic) bond motifs is 1. The average Bonchev–Trinajstić information content (AvgIpc) is 3.01. The van der Waals surface area contributed by atoms with Crippen molar-refractivity contribution in [2.24, 2.45) is 5.73 Å². The van der Waals surface area contributed by atoms with Crippen molar-refractivity contribution in [3.63, 3.8) is 0 Å². The molecule has 2 aliphatic rings. The summed E-state index contributed by atoms with van der Waals surface area (Å²) in [7, 11) is 0. The third-order valence-corrected chi connectivity index (χ3v) is 5.20. The number of hydrogen-bond acceptors (Lipinski definition) is 4. The molecule has 1 aromatic rings. The molecule has 0 bridgehead atoms. The topological polar surface area (TPSA) is 120 Å². The van der Waals surface area contributed by atoms with E-state index < -0.39 is 11.6 Å². The highest BCUT2D eigenvalue weighted by Crippen LogP contribution is 2.36. The number of carbonyl (C=O) groups excluding carboxylic acids is 2. The van der Waals surface area contributed by atoms with E-state index in [1.54, 1.807) is 17.0 Å². The minimum atomic E-state index is -1.37. The minimum absolute atomic E-state index is 0. The summed E-state index contributed by atoms with van der Waals surface area (Å²) < 4.78 is 0. The molecule has 0 saturated carbocycles. The van der Waals surface area contributed by atoms with Crippen LogP contribution in [0.2, 0.25) is 0 Å². The summed E-state index contributed by atoms with van der Waals surface area (Å²) >= 11 is 0. The Kier molecular flexibility index (Phi) is 5.93. The number of aliphatic hydroxyl groups is 1. The quantitative estimate of drug-likeness (QED) is 0.458. The number of amides is 2. The lowest BCUT2D eigenvalue weighted by Gasteiger charge is -2.40. The van der Waals surface area contributed by atoms with E-state index in [2.05, 4.69) is 5.32 Å². The molecular weight excluding hydrogens is 356 g/mol. The second-order valence-electron chi connectivity index (χ2n) is 7.10. The Morgan fingerprint density at radius 1 is 1.35 bits per heavy atom. The van der Waals surface area contributed by atoms with E-state index in [0.29, 0.717) is 24.9 Å². The molecule has 0 spiro atoms. The predicted octanol–water partition coefficient (Wildman–Crippen LogP) is 0.913. The molecule has 0 unspecified atom stereocenters. The maximum Gasteiger partial charge on any atom is 0.255 e. The first kappa shape index (κ1) is 20.2. The normalized spacial score (nSPS) is 27.5. The number of nitrogens with one attached hydrogen (secondary N) is 2. The molecule has 142 valence electrons. The Hall–Kier alpha value is -2.12. The Balaban J connectivity index is 0.00000243. The van der Waals surface area contributed by atoms with Crippen molar-refractivity contribution >= 4 is 30.1 Å². The van der Waals surface area contributed by atoms with Gasteiger partial charge in [-0.15, -0.1) is 12.4 Å². The van der Waals surface area contributed by atoms with Crippen LogP contribution in [-0.2, 0) is 16.1 Å². The molecule has 7 nitrogen and oxygen atoms in total. The SMILES string of the molecule is C[C@]1(O)CC[C@@H]2CC[C@@H](C(=O)NCc3ccc(C(=N)N)cc3)N2C1=O.Cl. The van der Waals surface area contributed by atoms with Gasteiger partial charge in [0.1, 0.15) is 17.5 Å². The van der Waals surface area contributed by atoms with Gasteiger partial charge in [0.2, 0.25) is 5.91 Å². The zero-order chi connectivity index (χ0) is 18.2. The number of halogens is 1. The standard InChI is InChI=1S/C18H24N4O3.ClH/c1-18(25)9-8-13-6-7-14(22(13)17(18)24)16(23)21-10-11-2-4-12(5-3-11)15(19)20;/h2-5,13-14,25H,6-10H2,1H3,(H3,19,20)(H,21,23);1H/t13-,14-,18-;/m0./s1. The zero-order valence-electron chi connectivity index (χ0n) is 14.7. The van der Waals surface area contributed by atoms with E-state index in [4.69, 9.17) is 11.1 Å². The molecule has 1 aromatic carbocycles. The lowest BCUT2D eigenvalue weighted by molar-refractivity contribution is -0.161. The van der Waals surface area contributed by atoms with Gasteiger partial charge in [-0.1, -0.05) is 24.3 Å². The number of nitrogens with zero attached hydrogens (tertiary/aromatic N) is 1. The van der Waals surface area contributed by atoms with Crippen molar-refractivity contribution in [1.82, 2.24) is 10.2 Å². The van der Waals surface area contributed by atoms with Crippen LogP contribution in [0, 0.1) is 5.41 Å². The molecule has 3 rings (SSSR count).